The number of hydrogen-bond donors (Lipinski definition) is 0. The van der Waals surface area contributed by atoms with Crippen molar-refractivity contribution in [2.75, 3.05) is 13.2 Å². The first-order valence-electron chi connectivity index (χ1n) is 28.4. The Bertz CT molecular complexity index is 1260. The topological polar surface area (TPSA) is 78.9 Å². The fraction of sp³-hybridized carbons (Fsp3) is 0.754. The van der Waals surface area contributed by atoms with Crippen molar-refractivity contribution in [2.24, 2.45) is 0 Å². The fourth-order valence-corrected chi connectivity index (χ4v) is 7.89. The zero-order valence-corrected chi connectivity index (χ0v) is 44.2. The van der Waals surface area contributed by atoms with Crippen molar-refractivity contribution in [3.63, 3.8) is 0 Å². The monoisotopic (exact) mass is 935 g/mol. The molecular formula is C61H106O6. The summed E-state index contributed by atoms with van der Waals surface area (Å²) < 4.78 is 16.8. The van der Waals surface area contributed by atoms with Crippen molar-refractivity contribution in [3.05, 3.63) is 72.9 Å². The van der Waals surface area contributed by atoms with E-state index in [-0.39, 0.29) is 37.5 Å². The molecule has 0 radical (unpaired) electrons. The molecule has 0 fully saturated rings. The molecule has 0 saturated heterocycles. The molecule has 0 aliphatic heterocycles. The molecule has 0 rings (SSSR count). The highest BCUT2D eigenvalue weighted by Gasteiger charge is 2.19. The summed E-state index contributed by atoms with van der Waals surface area (Å²) >= 11 is 0. The summed E-state index contributed by atoms with van der Waals surface area (Å²) in [6, 6.07) is 0. The molecule has 0 saturated carbocycles. The smallest absolute Gasteiger partial charge is 0.306 e. The van der Waals surface area contributed by atoms with Crippen LogP contribution < -0.4 is 0 Å². The number of carbonyl (C=O) groups is 3. The quantitative estimate of drug-likeness (QED) is 0.0262. The highest BCUT2D eigenvalue weighted by Crippen LogP contribution is 2.15. The van der Waals surface area contributed by atoms with E-state index in [1.807, 2.05) is 6.08 Å². The van der Waals surface area contributed by atoms with Crippen molar-refractivity contribution in [1.82, 2.24) is 0 Å². The van der Waals surface area contributed by atoms with E-state index in [1.54, 1.807) is 0 Å². The van der Waals surface area contributed by atoms with Crippen molar-refractivity contribution < 1.29 is 28.6 Å². The van der Waals surface area contributed by atoms with Gasteiger partial charge < -0.3 is 14.2 Å². The largest absolute Gasteiger partial charge is 0.462 e. The standard InChI is InChI=1S/C61H106O6/c1-4-7-10-13-16-19-22-25-27-29-30-32-34-37-40-43-46-49-52-55-61(64)67-58(56-65-59(62)53-50-47-44-41-38-35-24-21-18-15-12-9-6-3)57-66-60(63)54-51-48-45-42-39-36-33-31-28-26-23-20-17-14-11-8-5-2/h16,19,21,24-25,27,30,32,37,40,46,49,58H,4-15,17-18,20,22-23,26,28-29,31,33-36,38-39,41-45,47-48,50-57H2,1-3H3/b19-16-,24-21-,27-25-,32-30-,40-37-,49-46-/t58-/m1/s1. The van der Waals surface area contributed by atoms with Gasteiger partial charge in [-0.15, -0.1) is 0 Å². The Labute approximate surface area is 414 Å². The lowest BCUT2D eigenvalue weighted by atomic mass is 10.0. The minimum Gasteiger partial charge on any atom is -0.462 e. The molecule has 6 heteroatoms. The summed E-state index contributed by atoms with van der Waals surface area (Å²) in [6.07, 6.45) is 70.4. The minimum absolute atomic E-state index is 0.105. The van der Waals surface area contributed by atoms with E-state index < -0.39 is 6.10 Å². The summed E-state index contributed by atoms with van der Waals surface area (Å²) in [7, 11) is 0. The summed E-state index contributed by atoms with van der Waals surface area (Å²) in [6.45, 7) is 6.55. The Kier molecular flexibility index (Phi) is 52.8. The van der Waals surface area contributed by atoms with Crippen LogP contribution in [0.15, 0.2) is 72.9 Å². The molecular weight excluding hydrogens is 829 g/mol. The van der Waals surface area contributed by atoms with E-state index in [2.05, 4.69) is 87.6 Å². The maximum absolute atomic E-state index is 12.8. The molecule has 0 aromatic carbocycles. The van der Waals surface area contributed by atoms with Gasteiger partial charge in [-0.05, 0) is 83.5 Å². The Morgan fingerprint density at radius 2 is 0.567 bits per heavy atom. The lowest BCUT2D eigenvalue weighted by molar-refractivity contribution is -0.166. The molecule has 0 aromatic rings. The van der Waals surface area contributed by atoms with Crippen LogP contribution >= 0.6 is 0 Å². The van der Waals surface area contributed by atoms with Gasteiger partial charge in [0.1, 0.15) is 13.2 Å². The predicted octanol–water partition coefficient (Wildman–Crippen LogP) is 19.0. The van der Waals surface area contributed by atoms with Crippen LogP contribution in [-0.2, 0) is 28.6 Å². The first-order chi connectivity index (χ1) is 33.0. The van der Waals surface area contributed by atoms with Gasteiger partial charge in [-0.3, -0.25) is 14.4 Å². The molecule has 0 N–H and O–H groups in total. The van der Waals surface area contributed by atoms with Crippen LogP contribution in [0, 0.1) is 0 Å². The van der Waals surface area contributed by atoms with E-state index in [4.69, 9.17) is 14.2 Å². The fourth-order valence-electron chi connectivity index (χ4n) is 7.89. The van der Waals surface area contributed by atoms with E-state index in [1.165, 1.54) is 154 Å². The molecule has 0 spiro atoms. The maximum atomic E-state index is 12.8. The lowest BCUT2D eigenvalue weighted by Crippen LogP contribution is -2.30. The zero-order chi connectivity index (χ0) is 48.6. The van der Waals surface area contributed by atoms with E-state index in [0.717, 1.165) is 77.0 Å². The predicted molar refractivity (Wildman–Crippen MR) is 288 cm³/mol. The van der Waals surface area contributed by atoms with Crippen LogP contribution in [0.1, 0.15) is 278 Å². The second-order valence-corrected chi connectivity index (χ2v) is 18.8. The Hall–Kier alpha value is -3.15. The number of esters is 3. The summed E-state index contributed by atoms with van der Waals surface area (Å²) in [5.74, 6) is -0.990. The van der Waals surface area contributed by atoms with Crippen LogP contribution in [-0.4, -0.2) is 37.2 Å². The van der Waals surface area contributed by atoms with Gasteiger partial charge in [-0.2, -0.15) is 0 Å². The number of unbranched alkanes of at least 4 members (excludes halogenated alkanes) is 28. The SMILES string of the molecule is CCCCC/C=C\C/C=C\C/C=C\C/C=C\C/C=C\CCC(=O)O[C@H](COC(=O)CCCCCCC/C=C\CCCCCC)COC(=O)CCCCCCCCCCCCCCCCCCC. The van der Waals surface area contributed by atoms with Gasteiger partial charge in [0, 0.05) is 19.3 Å². The Balaban J connectivity index is 4.48. The van der Waals surface area contributed by atoms with Gasteiger partial charge >= 0.3 is 17.9 Å². The number of hydrogen-bond acceptors (Lipinski definition) is 6. The van der Waals surface area contributed by atoms with Crippen molar-refractivity contribution >= 4 is 17.9 Å². The van der Waals surface area contributed by atoms with Crippen LogP contribution in [0.5, 0.6) is 0 Å². The number of allylic oxidation sites excluding steroid dienone is 12. The van der Waals surface area contributed by atoms with Crippen molar-refractivity contribution in [3.8, 4) is 0 Å². The van der Waals surface area contributed by atoms with Gasteiger partial charge in [-0.1, -0.05) is 248 Å². The molecule has 0 aliphatic carbocycles. The van der Waals surface area contributed by atoms with E-state index in [9.17, 15) is 14.4 Å². The number of rotatable bonds is 51. The molecule has 67 heavy (non-hydrogen) atoms. The highest BCUT2D eigenvalue weighted by atomic mass is 16.6. The molecule has 0 aliphatic rings. The van der Waals surface area contributed by atoms with Crippen molar-refractivity contribution in [1.29, 1.82) is 0 Å². The summed E-state index contributed by atoms with van der Waals surface area (Å²) in [5.41, 5.74) is 0. The normalized spacial score (nSPS) is 12.6. The van der Waals surface area contributed by atoms with Crippen LogP contribution in [0.3, 0.4) is 0 Å². The Morgan fingerprint density at radius 1 is 0.299 bits per heavy atom. The molecule has 0 aromatic heterocycles. The first-order valence-corrected chi connectivity index (χ1v) is 28.4. The average Bonchev–Trinajstić information content (AvgIpc) is 3.33. The lowest BCUT2D eigenvalue weighted by Gasteiger charge is -2.18. The highest BCUT2D eigenvalue weighted by molar-refractivity contribution is 5.71. The molecule has 0 heterocycles. The number of carbonyl (C=O) groups excluding carboxylic acids is 3. The number of ether oxygens (including phenoxy) is 3. The second-order valence-electron chi connectivity index (χ2n) is 18.8. The van der Waals surface area contributed by atoms with Gasteiger partial charge in [0.25, 0.3) is 0 Å². The zero-order valence-electron chi connectivity index (χ0n) is 44.2. The Morgan fingerprint density at radius 3 is 0.955 bits per heavy atom. The first kappa shape index (κ1) is 63.8. The molecule has 0 amide bonds. The second kappa shape index (κ2) is 55.4. The average molecular weight is 936 g/mol. The van der Waals surface area contributed by atoms with Gasteiger partial charge in [0.15, 0.2) is 6.10 Å². The third-order valence-electron chi connectivity index (χ3n) is 12.2. The van der Waals surface area contributed by atoms with E-state index >= 15 is 0 Å². The minimum atomic E-state index is -0.816. The molecule has 0 bridgehead atoms. The molecule has 6 nitrogen and oxygen atoms in total. The van der Waals surface area contributed by atoms with Crippen molar-refractivity contribution in [2.45, 2.75) is 284 Å². The van der Waals surface area contributed by atoms with Gasteiger partial charge in [-0.25, -0.2) is 0 Å². The molecule has 0 unspecified atom stereocenters. The third-order valence-corrected chi connectivity index (χ3v) is 12.2. The van der Waals surface area contributed by atoms with E-state index in [0.29, 0.717) is 19.3 Å². The maximum Gasteiger partial charge on any atom is 0.306 e. The van der Waals surface area contributed by atoms with Gasteiger partial charge in [0.2, 0.25) is 0 Å². The van der Waals surface area contributed by atoms with Gasteiger partial charge in [0.05, 0.1) is 0 Å². The third kappa shape index (κ3) is 53.7. The molecule has 386 valence electrons. The van der Waals surface area contributed by atoms with Crippen LogP contribution in [0.25, 0.3) is 0 Å². The summed E-state index contributed by atoms with van der Waals surface area (Å²) in [4.78, 5) is 38.1. The van der Waals surface area contributed by atoms with Crippen LogP contribution in [0.2, 0.25) is 0 Å². The summed E-state index contributed by atoms with van der Waals surface area (Å²) in [5, 5.41) is 0. The van der Waals surface area contributed by atoms with Crippen LogP contribution in [0.4, 0.5) is 0 Å². The molecule has 1 atom stereocenters.